The van der Waals surface area contributed by atoms with Crippen LogP contribution in [0.2, 0.25) is 0 Å². The van der Waals surface area contributed by atoms with Gasteiger partial charge in [-0.2, -0.15) is 0 Å². The molecule has 0 unspecified atom stereocenters. The van der Waals surface area contributed by atoms with E-state index in [1.807, 2.05) is 36.1 Å². The minimum atomic E-state index is -0.441. The highest BCUT2D eigenvalue weighted by molar-refractivity contribution is 6.18. The van der Waals surface area contributed by atoms with Gasteiger partial charge in [0.2, 0.25) is 0 Å². The predicted molar refractivity (Wildman–Crippen MR) is 85.3 cm³/mol. The molecule has 1 aliphatic heterocycles. The van der Waals surface area contributed by atoms with Crippen LogP contribution in [0.15, 0.2) is 24.3 Å². The van der Waals surface area contributed by atoms with Crippen LogP contribution in [0.4, 0.5) is 4.79 Å². The van der Waals surface area contributed by atoms with E-state index in [-0.39, 0.29) is 24.4 Å². The Kier molecular flexibility index (Phi) is 6.07. The third-order valence-corrected chi connectivity index (χ3v) is 3.83. The molecule has 0 saturated carbocycles. The quantitative estimate of drug-likeness (QED) is 0.866. The first kappa shape index (κ1) is 16.6. The number of likely N-dealkylation sites (tertiary alicyclic amines) is 1. The minimum absolute atomic E-state index is 0.0457. The molecule has 1 N–H and O–H groups in total. The summed E-state index contributed by atoms with van der Waals surface area (Å²) in [6.45, 7) is 3.44. The average molecular weight is 325 g/mol. The Bertz CT molecular complexity index is 528. The summed E-state index contributed by atoms with van der Waals surface area (Å²) in [6.07, 6.45) is 1.02. The molecule has 1 aromatic carbocycles. The molecule has 6 heteroatoms. The molecule has 5 nitrogen and oxygen atoms in total. The zero-order chi connectivity index (χ0) is 15.9. The van der Waals surface area contributed by atoms with Gasteiger partial charge >= 0.3 is 6.09 Å². The van der Waals surface area contributed by atoms with Gasteiger partial charge in [-0.15, -0.1) is 11.6 Å². The van der Waals surface area contributed by atoms with Crippen molar-refractivity contribution < 1.29 is 14.3 Å². The van der Waals surface area contributed by atoms with E-state index in [9.17, 15) is 9.59 Å². The van der Waals surface area contributed by atoms with Crippen LogP contribution in [-0.2, 0) is 4.74 Å². The second-order valence-electron chi connectivity index (χ2n) is 5.41. The number of alkyl halides is 1. The van der Waals surface area contributed by atoms with Crippen LogP contribution < -0.4 is 5.32 Å². The summed E-state index contributed by atoms with van der Waals surface area (Å²) >= 11 is 5.46. The number of hydrogen-bond acceptors (Lipinski definition) is 3. The summed E-state index contributed by atoms with van der Waals surface area (Å²) in [5, 5.41) is 2.80. The van der Waals surface area contributed by atoms with Gasteiger partial charge in [0.25, 0.3) is 5.91 Å². The molecule has 2 amide bonds. The third kappa shape index (κ3) is 4.63. The SMILES string of the molecule is Cc1cccc(C(=O)N2CCC(NC(=O)OCCCl)CC2)c1. The molecule has 0 radical (unpaired) electrons. The summed E-state index contributed by atoms with van der Waals surface area (Å²) in [6, 6.07) is 7.65. The molecule has 120 valence electrons. The number of rotatable bonds is 4. The smallest absolute Gasteiger partial charge is 0.407 e. The predicted octanol–water partition coefficient (Wildman–Crippen LogP) is 2.56. The Hall–Kier alpha value is -1.75. The van der Waals surface area contributed by atoms with Crippen LogP contribution in [0.5, 0.6) is 0 Å². The van der Waals surface area contributed by atoms with Gasteiger partial charge in [-0.1, -0.05) is 17.7 Å². The minimum Gasteiger partial charge on any atom is -0.448 e. The number of ether oxygens (including phenoxy) is 1. The number of amides is 2. The van der Waals surface area contributed by atoms with Crippen LogP contribution in [0.1, 0.15) is 28.8 Å². The molecule has 2 rings (SSSR count). The fraction of sp³-hybridized carbons (Fsp3) is 0.500. The van der Waals surface area contributed by atoms with Crippen molar-refractivity contribution in [3.05, 3.63) is 35.4 Å². The molecular formula is C16H21ClN2O3. The summed E-state index contributed by atoms with van der Waals surface area (Å²) in [7, 11) is 0. The molecule has 1 aromatic rings. The topological polar surface area (TPSA) is 58.6 Å². The second kappa shape index (κ2) is 8.03. The zero-order valence-electron chi connectivity index (χ0n) is 12.7. The summed E-state index contributed by atoms with van der Waals surface area (Å²) in [5.74, 6) is 0.337. The van der Waals surface area contributed by atoms with E-state index < -0.39 is 6.09 Å². The fourth-order valence-corrected chi connectivity index (χ4v) is 2.60. The molecule has 22 heavy (non-hydrogen) atoms. The van der Waals surface area contributed by atoms with Gasteiger partial charge in [0.15, 0.2) is 0 Å². The molecule has 0 aromatic heterocycles. The van der Waals surface area contributed by atoms with E-state index in [1.165, 1.54) is 0 Å². The summed E-state index contributed by atoms with van der Waals surface area (Å²) < 4.78 is 4.89. The molecule has 0 spiro atoms. The van der Waals surface area contributed by atoms with Crippen molar-refractivity contribution in [3.8, 4) is 0 Å². The molecule has 0 atom stereocenters. The van der Waals surface area contributed by atoms with Crippen molar-refractivity contribution in [2.75, 3.05) is 25.6 Å². The van der Waals surface area contributed by atoms with Gasteiger partial charge in [0, 0.05) is 24.7 Å². The number of carbonyl (C=O) groups excluding carboxylic acids is 2. The highest BCUT2D eigenvalue weighted by Crippen LogP contribution is 2.15. The van der Waals surface area contributed by atoms with Gasteiger partial charge < -0.3 is 15.0 Å². The van der Waals surface area contributed by atoms with Crippen molar-refractivity contribution in [1.29, 1.82) is 0 Å². The van der Waals surface area contributed by atoms with Crippen LogP contribution in [0, 0.1) is 6.92 Å². The van der Waals surface area contributed by atoms with Crippen molar-refractivity contribution in [2.24, 2.45) is 0 Å². The number of carbonyl (C=O) groups is 2. The Morgan fingerprint density at radius 3 is 2.73 bits per heavy atom. The lowest BCUT2D eigenvalue weighted by Gasteiger charge is -2.32. The Labute approximate surface area is 135 Å². The van der Waals surface area contributed by atoms with Crippen molar-refractivity contribution in [1.82, 2.24) is 10.2 Å². The zero-order valence-corrected chi connectivity index (χ0v) is 13.4. The van der Waals surface area contributed by atoms with Crippen LogP contribution in [0.25, 0.3) is 0 Å². The lowest BCUT2D eigenvalue weighted by atomic mass is 10.0. The highest BCUT2D eigenvalue weighted by atomic mass is 35.5. The maximum Gasteiger partial charge on any atom is 0.407 e. The standard InChI is InChI=1S/C16H21ClN2O3/c1-12-3-2-4-13(11-12)15(20)19-8-5-14(6-9-19)18-16(21)22-10-7-17/h2-4,11,14H,5-10H2,1H3,(H,18,21). The van der Waals surface area contributed by atoms with Gasteiger partial charge in [0.1, 0.15) is 6.61 Å². The molecule has 1 heterocycles. The first-order chi connectivity index (χ1) is 10.6. The number of hydrogen-bond donors (Lipinski definition) is 1. The number of alkyl carbamates (subject to hydrolysis) is 1. The van der Waals surface area contributed by atoms with Crippen molar-refractivity contribution in [3.63, 3.8) is 0 Å². The number of aryl methyl sites for hydroxylation is 1. The fourth-order valence-electron chi connectivity index (χ4n) is 2.53. The summed E-state index contributed by atoms with van der Waals surface area (Å²) in [4.78, 5) is 25.7. The first-order valence-electron chi connectivity index (χ1n) is 7.45. The van der Waals surface area contributed by atoms with E-state index in [1.54, 1.807) is 0 Å². The van der Waals surface area contributed by atoms with E-state index in [2.05, 4.69) is 5.32 Å². The van der Waals surface area contributed by atoms with Gasteiger partial charge in [-0.3, -0.25) is 4.79 Å². The molecule has 0 bridgehead atoms. The van der Waals surface area contributed by atoms with Gasteiger partial charge in [0.05, 0.1) is 5.88 Å². The monoisotopic (exact) mass is 324 g/mol. The van der Waals surface area contributed by atoms with Crippen molar-refractivity contribution in [2.45, 2.75) is 25.8 Å². The van der Waals surface area contributed by atoms with Crippen LogP contribution in [0.3, 0.4) is 0 Å². The average Bonchev–Trinajstić information content (AvgIpc) is 2.53. The Morgan fingerprint density at radius 2 is 2.09 bits per heavy atom. The second-order valence-corrected chi connectivity index (χ2v) is 5.78. The summed E-state index contributed by atoms with van der Waals surface area (Å²) in [5.41, 5.74) is 1.79. The van der Waals surface area contributed by atoms with Crippen LogP contribution in [-0.4, -0.2) is 48.5 Å². The van der Waals surface area contributed by atoms with E-state index in [0.29, 0.717) is 18.7 Å². The van der Waals surface area contributed by atoms with Gasteiger partial charge in [-0.05, 0) is 31.9 Å². The maximum atomic E-state index is 12.4. The number of piperidine rings is 1. The maximum absolute atomic E-state index is 12.4. The van der Waals surface area contributed by atoms with E-state index >= 15 is 0 Å². The van der Waals surface area contributed by atoms with Gasteiger partial charge in [-0.25, -0.2) is 4.79 Å². The lowest BCUT2D eigenvalue weighted by molar-refractivity contribution is 0.0702. The number of nitrogens with one attached hydrogen (secondary N) is 1. The number of nitrogens with zero attached hydrogens (tertiary/aromatic N) is 1. The highest BCUT2D eigenvalue weighted by Gasteiger charge is 2.24. The lowest BCUT2D eigenvalue weighted by Crippen LogP contribution is -2.46. The molecule has 1 aliphatic rings. The Morgan fingerprint density at radius 1 is 1.36 bits per heavy atom. The molecular weight excluding hydrogens is 304 g/mol. The van der Waals surface area contributed by atoms with Crippen molar-refractivity contribution >= 4 is 23.6 Å². The van der Waals surface area contributed by atoms with E-state index in [0.717, 1.165) is 18.4 Å². The van der Waals surface area contributed by atoms with E-state index in [4.69, 9.17) is 16.3 Å². The third-order valence-electron chi connectivity index (χ3n) is 3.68. The Balaban J connectivity index is 1.82. The molecule has 1 saturated heterocycles. The normalized spacial score (nSPS) is 15.5. The largest absolute Gasteiger partial charge is 0.448 e. The van der Waals surface area contributed by atoms with Crippen LogP contribution >= 0.6 is 11.6 Å². The molecule has 1 fully saturated rings. The number of benzene rings is 1. The number of halogens is 1. The first-order valence-corrected chi connectivity index (χ1v) is 7.99. The molecule has 0 aliphatic carbocycles.